The van der Waals surface area contributed by atoms with Gasteiger partial charge in [-0.2, -0.15) is 38.2 Å². The van der Waals surface area contributed by atoms with E-state index in [0.29, 0.717) is 69.4 Å². The molecule has 5 aromatic carbocycles. The van der Waals surface area contributed by atoms with Crippen LogP contribution in [0.1, 0.15) is 86.3 Å². The van der Waals surface area contributed by atoms with Gasteiger partial charge in [0.1, 0.15) is 17.2 Å². The van der Waals surface area contributed by atoms with E-state index in [1.165, 1.54) is 50.6 Å². The zero-order chi connectivity index (χ0) is 59.2. The number of methoxy groups -OCH3 is 3. The van der Waals surface area contributed by atoms with Crippen molar-refractivity contribution in [1.29, 1.82) is 0 Å². The Balaban J connectivity index is 1.41. The molecule has 26 heteroatoms. The molecule has 1 fully saturated rings. The average molecular weight is 1200 g/mol. The number of hydrogen-bond acceptors (Lipinski definition) is 16. The van der Waals surface area contributed by atoms with E-state index in [1.807, 2.05) is 32.1 Å². The molecular formula is C55H60N3O19S4+. The molecule has 2 unspecified atom stereocenters. The molecule has 0 aromatic heterocycles. The highest BCUT2D eigenvalue weighted by atomic mass is 32.2. The number of carbonyl (C=O) groups is 3. The first-order valence-corrected chi connectivity index (χ1v) is 31.3. The summed E-state index contributed by atoms with van der Waals surface area (Å²) in [4.78, 5) is 43.4. The predicted molar refractivity (Wildman–Crippen MR) is 298 cm³/mol. The maximum absolute atomic E-state index is 13.6. The van der Waals surface area contributed by atoms with Crippen LogP contribution >= 0.6 is 0 Å². The minimum atomic E-state index is -5.15. The zero-order valence-corrected chi connectivity index (χ0v) is 48.2. The maximum Gasteiger partial charge on any atom is 0.364 e. The van der Waals surface area contributed by atoms with Crippen LogP contribution in [0.2, 0.25) is 0 Å². The zero-order valence-electron chi connectivity index (χ0n) is 44.9. The van der Waals surface area contributed by atoms with Gasteiger partial charge in [-0.15, -0.1) is 5.06 Å². The fourth-order valence-corrected chi connectivity index (χ4v) is 13.4. The monoisotopic (exact) mass is 1190 g/mol. The number of benzene rings is 5. The van der Waals surface area contributed by atoms with Crippen molar-refractivity contribution in [3.05, 3.63) is 125 Å². The first-order chi connectivity index (χ1) is 38.0. The summed E-state index contributed by atoms with van der Waals surface area (Å²) >= 11 is 0. The van der Waals surface area contributed by atoms with Gasteiger partial charge in [-0.25, -0.2) is 4.79 Å². The van der Waals surface area contributed by atoms with Crippen molar-refractivity contribution in [1.82, 2.24) is 5.06 Å². The number of imide groups is 1. The highest BCUT2D eigenvalue weighted by molar-refractivity contribution is 7.87. The topological polar surface area (TPSA) is 315 Å². The van der Waals surface area contributed by atoms with Crippen molar-refractivity contribution >= 4 is 102 Å². The van der Waals surface area contributed by atoms with E-state index in [9.17, 15) is 66.3 Å². The normalized spacial score (nSPS) is 19.5. The Bertz CT molecular complexity index is 4030. The minimum absolute atomic E-state index is 0.0117. The van der Waals surface area contributed by atoms with Crippen LogP contribution in [-0.2, 0) is 75.2 Å². The van der Waals surface area contributed by atoms with E-state index in [-0.39, 0.29) is 72.4 Å². The second kappa shape index (κ2) is 22.9. The molecule has 1 saturated heterocycles. The van der Waals surface area contributed by atoms with Gasteiger partial charge in [0.05, 0.1) is 33.6 Å². The number of hydroxylamine groups is 2. The van der Waals surface area contributed by atoms with Gasteiger partial charge < -0.3 is 23.9 Å². The third-order valence-electron chi connectivity index (χ3n) is 14.9. The first kappa shape index (κ1) is 60.4. The molecular weight excluding hydrogens is 1130 g/mol. The van der Waals surface area contributed by atoms with Crippen molar-refractivity contribution < 1.29 is 89.9 Å². The third kappa shape index (κ3) is 12.0. The highest BCUT2D eigenvalue weighted by Gasteiger charge is 2.49. The number of allylic oxidation sites excluding steroid dienone is 6. The van der Waals surface area contributed by atoms with Gasteiger partial charge >= 0.3 is 5.97 Å². The summed E-state index contributed by atoms with van der Waals surface area (Å²) < 4.78 is 161. The minimum Gasteiger partial charge on any atom is -0.496 e. The summed E-state index contributed by atoms with van der Waals surface area (Å²) in [5.74, 6) is -3.03. The Kier molecular flexibility index (Phi) is 17.1. The van der Waals surface area contributed by atoms with Crippen LogP contribution < -0.4 is 9.64 Å². The molecule has 4 N–H and O–H groups in total. The lowest BCUT2D eigenvalue weighted by Crippen LogP contribution is -2.33. The molecule has 0 bridgehead atoms. The smallest absolute Gasteiger partial charge is 0.364 e. The Morgan fingerprint density at radius 2 is 1.37 bits per heavy atom. The molecule has 3 aliphatic heterocycles. The fraction of sp³-hybridized carbons (Fsp3) is 0.345. The maximum atomic E-state index is 13.6. The van der Waals surface area contributed by atoms with E-state index in [0.717, 1.165) is 23.0 Å². The lowest BCUT2D eigenvalue weighted by atomic mass is 9.74. The van der Waals surface area contributed by atoms with Crippen molar-refractivity contribution in [3.63, 3.8) is 0 Å². The molecule has 81 heavy (non-hydrogen) atoms. The first-order valence-electron chi connectivity index (χ1n) is 25.3. The molecule has 0 saturated carbocycles. The van der Waals surface area contributed by atoms with Gasteiger partial charge in [0.25, 0.3) is 52.3 Å². The van der Waals surface area contributed by atoms with Crippen molar-refractivity contribution in [2.75, 3.05) is 58.3 Å². The van der Waals surface area contributed by atoms with Crippen LogP contribution in [0.5, 0.6) is 5.75 Å². The fourth-order valence-electron chi connectivity index (χ4n) is 11.1. The number of fused-ring (bicyclic) bond motifs is 6. The average Bonchev–Trinajstić information content (AvgIpc) is 1.96. The van der Waals surface area contributed by atoms with E-state index < -0.39 is 84.6 Å². The number of rotatable bonds is 22. The molecule has 0 aliphatic carbocycles. The van der Waals surface area contributed by atoms with Crippen LogP contribution in [0.4, 0.5) is 11.4 Å². The van der Waals surface area contributed by atoms with Gasteiger partial charge in [-0.1, -0.05) is 25.1 Å². The summed E-state index contributed by atoms with van der Waals surface area (Å²) in [6, 6.07) is 17.0. The Labute approximate surface area is 468 Å². The number of carbonyl (C=O) groups excluding carboxylic acids is 3. The van der Waals surface area contributed by atoms with Crippen molar-refractivity contribution in [2.45, 2.75) is 84.8 Å². The van der Waals surface area contributed by atoms with Crippen LogP contribution in [0, 0.1) is 0 Å². The molecule has 22 nitrogen and oxygen atoms in total. The predicted octanol–water partition coefficient (Wildman–Crippen LogP) is 7.38. The number of ether oxygens (including phenoxy) is 3. The molecule has 3 heterocycles. The Hall–Kier alpha value is -6.72. The number of hydrogen-bond donors (Lipinski definition) is 4. The van der Waals surface area contributed by atoms with E-state index in [4.69, 9.17) is 19.0 Å². The lowest BCUT2D eigenvalue weighted by Gasteiger charge is -2.31. The SMILES string of the molecule is CCC[N+]1=C(/C=C/C(=C/C=C2/N(CCCS(=O)(=O)O)c3ccc4c(S(=O)(=O)O)cc(S(=O)(=O)O)cc4c3C2(C)CCOC)c2ccc(C(=O)ON3C(=O)CCC3=O)cc2OC)C(C)(CCOC)c2c1ccc1ccc(S(=O)(=O)O)cc21. The van der Waals surface area contributed by atoms with Crippen molar-refractivity contribution in [2.24, 2.45) is 0 Å². The number of nitrogens with zero attached hydrogens (tertiary/aromatic N) is 3. The van der Waals surface area contributed by atoms with Gasteiger partial charge in [-0.05, 0) is 127 Å². The summed E-state index contributed by atoms with van der Waals surface area (Å²) in [6.45, 7) is 6.40. The summed E-state index contributed by atoms with van der Waals surface area (Å²) in [5, 5.41) is 1.55. The Morgan fingerprint density at radius 3 is 1.98 bits per heavy atom. The third-order valence-corrected chi connectivity index (χ3v) is 18.3. The summed E-state index contributed by atoms with van der Waals surface area (Å²) in [5.41, 5.74) is 1.71. The number of amides is 2. The molecule has 8 rings (SSSR count). The van der Waals surface area contributed by atoms with Gasteiger partial charge in [-0.3, -0.25) is 27.8 Å². The quantitative estimate of drug-likeness (QED) is 0.0227. The van der Waals surface area contributed by atoms with Crippen LogP contribution in [0.15, 0.2) is 117 Å². The highest BCUT2D eigenvalue weighted by Crippen LogP contribution is 2.54. The second-order valence-corrected chi connectivity index (χ2v) is 25.9. The van der Waals surface area contributed by atoms with Crippen molar-refractivity contribution in [3.8, 4) is 5.75 Å². The standard InChI is InChI=1S/C55H59N3O19S4/c1-7-25-56-43-17-11-35-9-14-37(79(65,66)67)31-41(35)51(43)54(2,23-27-74-4)47(56)19-12-34(39-15-10-36(30-45(39)76-6)53(61)77-58-49(59)21-22-50(58)60)13-20-48-55(3,24-28-75-5)52-42-32-38(80(68,69)70)33-46(81(71,72)73)40(42)16-18-44(52)57(48)26-8-29-78(62,63)64/h9-20,30-33H,7-8,21-29H2,1-6H3,(H3-,62,63,64,65,66,67,68,69,70,71,72,73)/p+1. The van der Waals surface area contributed by atoms with Crippen LogP contribution in [0.25, 0.3) is 27.1 Å². The van der Waals surface area contributed by atoms with E-state index >= 15 is 0 Å². The molecule has 2 amide bonds. The largest absolute Gasteiger partial charge is 0.496 e. The number of anilines is 1. The second-order valence-electron chi connectivity index (χ2n) is 20.1. The molecule has 432 valence electrons. The van der Waals surface area contributed by atoms with E-state index in [1.54, 1.807) is 49.3 Å². The van der Waals surface area contributed by atoms with E-state index in [2.05, 4.69) is 4.58 Å². The van der Waals surface area contributed by atoms with Crippen LogP contribution in [0.3, 0.4) is 0 Å². The van der Waals surface area contributed by atoms with Gasteiger partial charge in [0.2, 0.25) is 5.69 Å². The van der Waals surface area contributed by atoms with Crippen LogP contribution in [-0.4, -0.2) is 138 Å². The summed E-state index contributed by atoms with van der Waals surface area (Å²) in [7, 11) is -15.1. The molecule has 0 radical (unpaired) electrons. The molecule has 5 aromatic rings. The van der Waals surface area contributed by atoms with Gasteiger partial charge in [0, 0.05) is 98.7 Å². The lowest BCUT2D eigenvalue weighted by molar-refractivity contribution is -0.437. The molecule has 2 atom stereocenters. The molecule has 3 aliphatic rings. The Morgan fingerprint density at radius 1 is 0.728 bits per heavy atom. The summed E-state index contributed by atoms with van der Waals surface area (Å²) in [6.07, 6.45) is 7.71. The molecule has 0 spiro atoms. The van der Waals surface area contributed by atoms with Gasteiger partial charge in [0.15, 0.2) is 5.71 Å².